The zero-order valence-electron chi connectivity index (χ0n) is 11.7. The summed E-state index contributed by atoms with van der Waals surface area (Å²) in [4.78, 5) is 16.4. The Labute approximate surface area is 126 Å². The number of amidine groups is 1. The van der Waals surface area contributed by atoms with Gasteiger partial charge in [0.25, 0.3) is 0 Å². The zero-order chi connectivity index (χ0) is 15.6. The molecule has 0 unspecified atom stereocenters. The summed E-state index contributed by atoms with van der Waals surface area (Å²) in [6.07, 6.45) is 1.55. The molecule has 4 N–H and O–H groups in total. The number of esters is 1. The fourth-order valence-electron chi connectivity index (χ4n) is 2.05. The summed E-state index contributed by atoms with van der Waals surface area (Å²) in [6.45, 7) is 3.62. The van der Waals surface area contributed by atoms with Crippen molar-refractivity contribution in [2.24, 2.45) is 10.7 Å². The van der Waals surface area contributed by atoms with Crippen LogP contribution in [0.15, 0.2) is 34.2 Å². The van der Waals surface area contributed by atoms with Crippen molar-refractivity contribution >= 4 is 28.6 Å². The molecule has 0 aromatic heterocycles. The molecule has 0 amide bonds. The molecule has 1 aliphatic rings. The SMILES string of the molecule is CCOC(=O)C1=C[C@@](C)(c2cc(N)ccc2F)N=C(N)S1. The number of hydrogen-bond acceptors (Lipinski definition) is 6. The topological polar surface area (TPSA) is 90.7 Å². The third kappa shape index (κ3) is 3.18. The first-order chi connectivity index (χ1) is 9.85. The second kappa shape index (κ2) is 5.77. The molecule has 0 fully saturated rings. The van der Waals surface area contributed by atoms with Gasteiger partial charge in [-0.05, 0) is 49.9 Å². The lowest BCUT2D eigenvalue weighted by Gasteiger charge is -2.27. The highest BCUT2D eigenvalue weighted by atomic mass is 32.2. The quantitative estimate of drug-likeness (QED) is 0.659. The number of aliphatic imine (C=N–C) groups is 1. The van der Waals surface area contributed by atoms with Crippen molar-refractivity contribution in [1.82, 2.24) is 0 Å². The number of thioether (sulfide) groups is 1. The van der Waals surface area contributed by atoms with Crippen LogP contribution in [0.3, 0.4) is 0 Å². The van der Waals surface area contributed by atoms with Gasteiger partial charge in [0.05, 0.1) is 11.5 Å². The van der Waals surface area contributed by atoms with Crippen molar-refractivity contribution in [3.8, 4) is 0 Å². The van der Waals surface area contributed by atoms with E-state index < -0.39 is 17.3 Å². The van der Waals surface area contributed by atoms with Gasteiger partial charge in [0.1, 0.15) is 11.4 Å². The second-order valence-electron chi connectivity index (χ2n) is 4.67. The van der Waals surface area contributed by atoms with Gasteiger partial charge >= 0.3 is 5.97 Å². The predicted molar refractivity (Wildman–Crippen MR) is 82.1 cm³/mol. The number of halogens is 1. The molecule has 7 heteroatoms. The normalized spacial score (nSPS) is 21.5. The molecule has 1 aromatic rings. The van der Waals surface area contributed by atoms with Gasteiger partial charge in [0.15, 0.2) is 5.17 Å². The Hall–Kier alpha value is -2.02. The average Bonchev–Trinajstić information content (AvgIpc) is 2.40. The third-order valence-electron chi connectivity index (χ3n) is 2.98. The van der Waals surface area contributed by atoms with E-state index in [1.54, 1.807) is 19.9 Å². The third-order valence-corrected chi connectivity index (χ3v) is 3.79. The fraction of sp³-hybridized carbons (Fsp3) is 0.286. The van der Waals surface area contributed by atoms with Crippen LogP contribution in [0.4, 0.5) is 10.1 Å². The highest BCUT2D eigenvalue weighted by molar-refractivity contribution is 8.17. The van der Waals surface area contributed by atoms with Crippen molar-refractivity contribution in [2.75, 3.05) is 12.3 Å². The van der Waals surface area contributed by atoms with Crippen molar-refractivity contribution in [1.29, 1.82) is 0 Å². The molecule has 0 saturated heterocycles. The predicted octanol–water partition coefficient (Wildman–Crippen LogP) is 2.13. The molecular weight excluding hydrogens is 293 g/mol. The van der Waals surface area contributed by atoms with Gasteiger partial charge in [-0.25, -0.2) is 14.2 Å². The summed E-state index contributed by atoms with van der Waals surface area (Å²) in [7, 11) is 0. The molecule has 1 aromatic carbocycles. The maximum atomic E-state index is 14.1. The zero-order valence-corrected chi connectivity index (χ0v) is 12.5. The van der Waals surface area contributed by atoms with Crippen LogP contribution in [-0.2, 0) is 15.1 Å². The number of carbonyl (C=O) groups is 1. The Morgan fingerprint density at radius 3 is 2.86 bits per heavy atom. The van der Waals surface area contributed by atoms with Gasteiger partial charge in [0.2, 0.25) is 0 Å². The van der Waals surface area contributed by atoms with Gasteiger partial charge in [-0.1, -0.05) is 0 Å². The Kier molecular flexibility index (Phi) is 4.22. The number of nitrogens with two attached hydrogens (primary N) is 2. The molecule has 21 heavy (non-hydrogen) atoms. The van der Waals surface area contributed by atoms with Crippen LogP contribution >= 0.6 is 11.8 Å². The molecule has 1 atom stereocenters. The molecular formula is C14H16FN3O2S. The van der Waals surface area contributed by atoms with E-state index in [1.807, 2.05) is 0 Å². The number of rotatable bonds is 3. The van der Waals surface area contributed by atoms with Crippen LogP contribution in [0, 0.1) is 5.82 Å². The number of nitrogen functional groups attached to an aromatic ring is 1. The first-order valence-corrected chi connectivity index (χ1v) is 7.16. The molecule has 2 rings (SSSR count). The van der Waals surface area contributed by atoms with E-state index in [2.05, 4.69) is 4.99 Å². The van der Waals surface area contributed by atoms with Crippen molar-refractivity contribution in [3.63, 3.8) is 0 Å². The van der Waals surface area contributed by atoms with Crippen molar-refractivity contribution in [3.05, 3.63) is 40.6 Å². The Morgan fingerprint density at radius 2 is 2.19 bits per heavy atom. The van der Waals surface area contributed by atoms with Crippen LogP contribution in [0.5, 0.6) is 0 Å². The lowest BCUT2D eigenvalue weighted by Crippen LogP contribution is -2.28. The average molecular weight is 309 g/mol. The molecule has 112 valence electrons. The summed E-state index contributed by atoms with van der Waals surface area (Å²) < 4.78 is 19.0. The first kappa shape index (κ1) is 15.4. The maximum Gasteiger partial charge on any atom is 0.344 e. The summed E-state index contributed by atoms with van der Waals surface area (Å²) in [5, 5.41) is 0.171. The molecule has 1 heterocycles. The van der Waals surface area contributed by atoms with E-state index in [9.17, 15) is 9.18 Å². The van der Waals surface area contributed by atoms with E-state index in [0.29, 0.717) is 5.69 Å². The number of benzene rings is 1. The number of hydrogen-bond donors (Lipinski definition) is 2. The Balaban J connectivity index is 2.50. The lowest BCUT2D eigenvalue weighted by atomic mass is 9.91. The van der Waals surface area contributed by atoms with E-state index in [1.165, 1.54) is 18.2 Å². The number of carbonyl (C=O) groups excluding carboxylic acids is 1. The number of nitrogens with zero attached hydrogens (tertiary/aromatic N) is 1. The van der Waals surface area contributed by atoms with Crippen molar-refractivity contribution in [2.45, 2.75) is 19.4 Å². The van der Waals surface area contributed by atoms with Gasteiger partial charge in [0, 0.05) is 11.3 Å². The minimum atomic E-state index is -1.10. The van der Waals surface area contributed by atoms with Crippen LogP contribution in [0.2, 0.25) is 0 Å². The second-order valence-corrected chi connectivity index (χ2v) is 5.73. The van der Waals surface area contributed by atoms with Crippen LogP contribution in [-0.4, -0.2) is 17.7 Å². The van der Waals surface area contributed by atoms with E-state index >= 15 is 0 Å². The van der Waals surface area contributed by atoms with Crippen LogP contribution < -0.4 is 11.5 Å². The van der Waals surface area contributed by atoms with Crippen LogP contribution in [0.1, 0.15) is 19.4 Å². The van der Waals surface area contributed by atoms with Crippen molar-refractivity contribution < 1.29 is 13.9 Å². The Bertz CT molecular complexity index is 645. The first-order valence-electron chi connectivity index (χ1n) is 6.34. The van der Waals surface area contributed by atoms with Gasteiger partial charge in [-0.15, -0.1) is 0 Å². The van der Waals surface area contributed by atoms with Gasteiger partial charge in [-0.3, -0.25) is 0 Å². The monoisotopic (exact) mass is 309 g/mol. The molecule has 5 nitrogen and oxygen atoms in total. The summed E-state index contributed by atoms with van der Waals surface area (Å²) in [5.74, 6) is -0.967. The standard InChI is InChI=1S/C14H16FN3O2S/c1-3-20-12(19)11-7-14(2,18-13(17)21-11)9-6-8(16)4-5-10(9)15/h4-7H,3,16H2,1-2H3,(H2,17,18)/t14-/m0/s1. The Morgan fingerprint density at radius 1 is 1.48 bits per heavy atom. The molecule has 0 saturated carbocycles. The number of anilines is 1. The minimum Gasteiger partial charge on any atom is -0.462 e. The number of ether oxygens (including phenoxy) is 1. The largest absolute Gasteiger partial charge is 0.462 e. The molecule has 1 aliphatic heterocycles. The highest BCUT2D eigenvalue weighted by Gasteiger charge is 2.33. The molecule has 0 radical (unpaired) electrons. The van der Waals surface area contributed by atoms with E-state index in [0.717, 1.165) is 11.8 Å². The van der Waals surface area contributed by atoms with E-state index in [-0.39, 0.29) is 22.2 Å². The summed E-state index contributed by atoms with van der Waals surface area (Å²) in [6, 6.07) is 4.21. The maximum absolute atomic E-state index is 14.1. The highest BCUT2D eigenvalue weighted by Crippen LogP contribution is 2.38. The van der Waals surface area contributed by atoms with Gasteiger partial charge in [-0.2, -0.15) is 0 Å². The molecule has 0 spiro atoms. The summed E-state index contributed by atoms with van der Waals surface area (Å²) >= 11 is 1.00. The lowest BCUT2D eigenvalue weighted by molar-refractivity contribution is -0.137. The van der Waals surface area contributed by atoms with Crippen LogP contribution in [0.25, 0.3) is 0 Å². The van der Waals surface area contributed by atoms with Gasteiger partial charge < -0.3 is 16.2 Å². The fourth-order valence-corrected chi connectivity index (χ4v) is 2.94. The smallest absolute Gasteiger partial charge is 0.344 e. The minimum absolute atomic E-state index is 0.171. The van der Waals surface area contributed by atoms with E-state index in [4.69, 9.17) is 16.2 Å². The molecule has 0 bridgehead atoms. The molecule has 0 aliphatic carbocycles. The summed E-state index contributed by atoms with van der Waals surface area (Å²) in [5.41, 5.74) is 11.0.